The van der Waals surface area contributed by atoms with Crippen molar-refractivity contribution in [2.75, 3.05) is 83.9 Å². The van der Waals surface area contributed by atoms with Gasteiger partial charge in [-0.15, -0.1) is 0 Å². The zero-order chi connectivity index (χ0) is 36.9. The van der Waals surface area contributed by atoms with E-state index in [9.17, 15) is 27.2 Å². The first-order valence-electron chi connectivity index (χ1n) is 16.6. The predicted molar refractivity (Wildman–Crippen MR) is 189 cm³/mol. The van der Waals surface area contributed by atoms with E-state index in [1.54, 1.807) is 21.2 Å². The van der Waals surface area contributed by atoms with Crippen LogP contribution in [0.1, 0.15) is 43.8 Å². The number of rotatable bonds is 8. The van der Waals surface area contributed by atoms with Gasteiger partial charge in [-0.25, -0.2) is 18.3 Å². The number of nitrogens with one attached hydrogen (secondary N) is 1. The molecular weight excluding hydrogens is 710 g/mol. The molecule has 3 aromatic rings. The van der Waals surface area contributed by atoms with Gasteiger partial charge in [0.15, 0.2) is 0 Å². The van der Waals surface area contributed by atoms with Gasteiger partial charge in [0.1, 0.15) is 17.6 Å². The number of anilines is 2. The normalized spacial score (nSPS) is 20.2. The van der Waals surface area contributed by atoms with Gasteiger partial charge >= 0.3 is 15.8 Å². The van der Waals surface area contributed by atoms with Crippen LogP contribution in [0.4, 0.5) is 20.2 Å². The van der Waals surface area contributed by atoms with Gasteiger partial charge < -0.3 is 23.9 Å². The number of fused-ring (bicyclic) bond motifs is 3. The van der Waals surface area contributed by atoms with Crippen molar-refractivity contribution in [3.63, 3.8) is 0 Å². The monoisotopic (exact) mass is 750 g/mol. The molecule has 4 heterocycles. The third-order valence-electron chi connectivity index (χ3n) is 10.0. The molecule has 2 saturated heterocycles. The summed E-state index contributed by atoms with van der Waals surface area (Å²) in [6, 6.07) is 4.03. The van der Waals surface area contributed by atoms with E-state index in [4.69, 9.17) is 20.8 Å². The summed E-state index contributed by atoms with van der Waals surface area (Å²) in [7, 11) is 2.44. The van der Waals surface area contributed by atoms with Gasteiger partial charge in [-0.3, -0.25) is 14.5 Å². The number of piperazine rings is 1. The second-order valence-electron chi connectivity index (χ2n) is 13.5. The maximum Gasteiger partial charge on any atom is 0.341 e. The van der Waals surface area contributed by atoms with E-state index in [1.165, 1.54) is 15.9 Å². The lowest BCUT2D eigenvalue weighted by molar-refractivity contribution is 0.0727. The first kappa shape index (κ1) is 36.9. The van der Waals surface area contributed by atoms with Crippen LogP contribution in [0, 0.1) is 12.7 Å². The Hall–Kier alpha value is -3.83. The highest BCUT2D eigenvalue weighted by Gasteiger charge is 2.35. The fourth-order valence-electron chi connectivity index (χ4n) is 7.13. The van der Waals surface area contributed by atoms with Crippen LogP contribution in [0.2, 0.25) is 5.02 Å². The number of nitrogens with zero attached hydrogens (tertiary/aromatic N) is 5. The average molecular weight is 751 g/mol. The van der Waals surface area contributed by atoms with E-state index in [0.29, 0.717) is 34.7 Å². The van der Waals surface area contributed by atoms with Crippen molar-refractivity contribution in [3.8, 4) is 0 Å². The average Bonchev–Trinajstić information content (AvgIpc) is 3.54. The summed E-state index contributed by atoms with van der Waals surface area (Å²) in [5.41, 5.74) is 1.68. The third-order valence-corrected chi connectivity index (χ3v) is 11.8. The first-order valence-corrected chi connectivity index (χ1v) is 18.4. The first-order chi connectivity index (χ1) is 24.1. The van der Waals surface area contributed by atoms with Gasteiger partial charge in [0.05, 0.1) is 46.6 Å². The number of alkyl halides is 1. The molecule has 0 bridgehead atoms. The fraction of sp³-hybridized carbons (Fsp3) is 0.500. The molecule has 2 atom stereocenters. The van der Waals surface area contributed by atoms with E-state index >= 15 is 4.39 Å². The van der Waals surface area contributed by atoms with Crippen molar-refractivity contribution < 1.29 is 35.9 Å². The Bertz CT molecular complexity index is 2060. The van der Waals surface area contributed by atoms with Gasteiger partial charge in [0.2, 0.25) is 0 Å². The second kappa shape index (κ2) is 14.3. The molecule has 0 saturated carbocycles. The highest BCUT2D eigenvalue weighted by molar-refractivity contribution is 7.87. The number of hydrogen-bond acceptors (Lipinski definition) is 10. The molecule has 2 aromatic carbocycles. The summed E-state index contributed by atoms with van der Waals surface area (Å²) in [5.74, 6) is -2.92. The van der Waals surface area contributed by atoms with E-state index in [1.807, 2.05) is 17.7 Å². The summed E-state index contributed by atoms with van der Waals surface area (Å²) in [5, 5.41) is 1.02. The summed E-state index contributed by atoms with van der Waals surface area (Å²) in [6.45, 7) is 4.22. The summed E-state index contributed by atoms with van der Waals surface area (Å²) in [4.78, 5) is 47.6. The van der Waals surface area contributed by atoms with E-state index in [0.717, 1.165) is 34.7 Å². The Kier molecular flexibility index (Phi) is 10.4. The minimum Gasteiger partial charge on any atom is -0.422 e. The number of carbonyl (C=O) groups is 2. The SMILES string of the molecule is COC[C@H]1CN(c2cc(Cl)c3c4c(c(=O)oc3c2C)CN(C(=O)c2cc(N(C)C)c(C(=O)NS(=O)(=O)N3CC[C@@H](F)C3)cc2F)CC4)CCN1C. The number of likely N-dealkylation sites (N-methyl/N-ethyl adjacent to an activating group) is 1. The summed E-state index contributed by atoms with van der Waals surface area (Å²) < 4.78 is 68.7. The van der Waals surface area contributed by atoms with Crippen LogP contribution >= 0.6 is 11.6 Å². The molecule has 13 nitrogen and oxygen atoms in total. The third kappa shape index (κ3) is 7.03. The van der Waals surface area contributed by atoms with Crippen LogP contribution in [-0.4, -0.2) is 121 Å². The van der Waals surface area contributed by atoms with Gasteiger partial charge in [-0.1, -0.05) is 11.6 Å². The molecule has 0 radical (unpaired) electrons. The lowest BCUT2D eigenvalue weighted by Crippen LogP contribution is -2.53. The zero-order valence-electron chi connectivity index (χ0n) is 29.1. The topological polar surface area (TPSA) is 136 Å². The largest absolute Gasteiger partial charge is 0.422 e. The van der Waals surface area contributed by atoms with Crippen LogP contribution in [-0.2, 0) is 27.9 Å². The second-order valence-corrected chi connectivity index (χ2v) is 15.6. The van der Waals surface area contributed by atoms with E-state index < -0.39 is 46.2 Å². The van der Waals surface area contributed by atoms with Crippen molar-refractivity contribution in [1.82, 2.24) is 18.8 Å². The number of methoxy groups -OCH3 is 1. The molecule has 0 spiro atoms. The van der Waals surface area contributed by atoms with Crippen molar-refractivity contribution in [2.45, 2.75) is 38.5 Å². The Morgan fingerprint density at radius 3 is 2.51 bits per heavy atom. The Labute approximate surface area is 299 Å². The van der Waals surface area contributed by atoms with Crippen molar-refractivity contribution in [3.05, 3.63) is 67.3 Å². The number of benzene rings is 2. The molecule has 0 unspecified atom stereocenters. The number of ether oxygens (including phenoxy) is 1. The molecule has 2 amide bonds. The Morgan fingerprint density at radius 2 is 1.84 bits per heavy atom. The minimum absolute atomic E-state index is 0.00315. The van der Waals surface area contributed by atoms with Gasteiger partial charge in [0, 0.05) is 77.1 Å². The molecule has 276 valence electrons. The minimum atomic E-state index is -4.39. The molecule has 2 fully saturated rings. The molecule has 1 aromatic heterocycles. The standard InChI is InChI=1S/C34H41ClF2N6O7S/c1-19-28(41-11-10-40(4)21(16-41)18-49-5)14-26(35)30-22-7-8-42(17-25(22)34(46)50-31(19)30)33(45)23-13-29(39(2)3)24(12-27(23)37)32(44)38-51(47,48)43-9-6-20(36)15-43/h12-14,20-21H,6-11,15-18H2,1-5H3,(H,38,44)/t20-,21-/m1/s1. The smallest absolute Gasteiger partial charge is 0.341 e. The highest BCUT2D eigenvalue weighted by atomic mass is 35.5. The number of aryl methyl sites for hydroxylation is 1. The van der Waals surface area contributed by atoms with Crippen LogP contribution in [0.25, 0.3) is 11.0 Å². The lowest BCUT2D eigenvalue weighted by Gasteiger charge is -2.41. The summed E-state index contributed by atoms with van der Waals surface area (Å²) >= 11 is 6.91. The quantitative estimate of drug-likeness (QED) is 0.343. The van der Waals surface area contributed by atoms with Crippen LogP contribution in [0.3, 0.4) is 0 Å². The summed E-state index contributed by atoms with van der Waals surface area (Å²) in [6.07, 6.45) is -1.09. The maximum atomic E-state index is 15.6. The van der Waals surface area contributed by atoms with Crippen molar-refractivity contribution >= 4 is 56.0 Å². The van der Waals surface area contributed by atoms with E-state index in [2.05, 4.69) is 16.8 Å². The van der Waals surface area contributed by atoms with Crippen molar-refractivity contribution in [1.29, 1.82) is 0 Å². The molecule has 6 rings (SSSR count). The molecule has 51 heavy (non-hydrogen) atoms. The number of halogens is 3. The fourth-order valence-corrected chi connectivity index (χ4v) is 8.61. The van der Waals surface area contributed by atoms with E-state index in [-0.39, 0.29) is 60.9 Å². The van der Waals surface area contributed by atoms with Crippen LogP contribution < -0.4 is 20.1 Å². The Balaban J connectivity index is 1.27. The molecule has 1 N–H and O–H groups in total. The molecular formula is C34H41ClF2N6O7S. The molecule has 17 heteroatoms. The maximum absolute atomic E-state index is 15.6. The number of hydrogen-bond donors (Lipinski definition) is 1. The van der Waals surface area contributed by atoms with Crippen molar-refractivity contribution in [2.24, 2.45) is 0 Å². The van der Waals surface area contributed by atoms with Crippen LogP contribution in [0.15, 0.2) is 27.4 Å². The zero-order valence-corrected chi connectivity index (χ0v) is 30.7. The number of amides is 2. The van der Waals surface area contributed by atoms with Crippen LogP contribution in [0.5, 0.6) is 0 Å². The highest BCUT2D eigenvalue weighted by Crippen LogP contribution is 2.39. The van der Waals surface area contributed by atoms with Gasteiger partial charge in [0.25, 0.3) is 11.8 Å². The molecule has 3 aliphatic rings. The number of carbonyl (C=O) groups excluding carboxylic acids is 2. The van der Waals surface area contributed by atoms with Gasteiger partial charge in [-0.2, -0.15) is 12.7 Å². The predicted octanol–water partition coefficient (Wildman–Crippen LogP) is 2.94. The van der Waals surface area contributed by atoms with Gasteiger partial charge in [-0.05, 0) is 50.6 Å². The molecule has 0 aliphatic carbocycles. The molecule has 3 aliphatic heterocycles. The Morgan fingerprint density at radius 1 is 1.10 bits per heavy atom. The lowest BCUT2D eigenvalue weighted by atomic mass is 9.94.